The van der Waals surface area contributed by atoms with Crippen LogP contribution in [0.4, 0.5) is 4.79 Å². The van der Waals surface area contributed by atoms with Gasteiger partial charge in [0.05, 0.1) is 6.61 Å². The van der Waals surface area contributed by atoms with E-state index in [4.69, 9.17) is 0 Å². The van der Waals surface area contributed by atoms with Crippen molar-refractivity contribution in [3.8, 4) is 0 Å². The third-order valence-electron chi connectivity index (χ3n) is 4.30. The van der Waals surface area contributed by atoms with Gasteiger partial charge in [0.25, 0.3) is 0 Å². The summed E-state index contributed by atoms with van der Waals surface area (Å²) in [5.41, 5.74) is -1.13. The standard InChI is InChI=1S/C14H26N2O4/c1-4-11(5-2)15(9-10-17)13(20)16-8-6-7-14(16,3)12(18)19/h11,17H,4-10H2,1-3H3,(H,18,19). The maximum absolute atomic E-state index is 12.7. The van der Waals surface area contributed by atoms with Crippen molar-refractivity contribution in [1.82, 2.24) is 9.80 Å². The number of carboxylic acid groups (broad SMARTS) is 1. The molecule has 2 N–H and O–H groups in total. The van der Waals surface area contributed by atoms with Gasteiger partial charge in [-0.2, -0.15) is 0 Å². The van der Waals surface area contributed by atoms with Gasteiger partial charge in [0.15, 0.2) is 0 Å². The number of amides is 2. The summed E-state index contributed by atoms with van der Waals surface area (Å²) in [4.78, 5) is 27.2. The zero-order valence-electron chi connectivity index (χ0n) is 12.6. The summed E-state index contributed by atoms with van der Waals surface area (Å²) in [5.74, 6) is -0.961. The predicted octanol–water partition coefficient (Wildman–Crippen LogP) is 1.53. The van der Waals surface area contributed by atoms with Crippen molar-refractivity contribution in [2.75, 3.05) is 19.7 Å². The van der Waals surface area contributed by atoms with Crippen molar-refractivity contribution < 1.29 is 19.8 Å². The Morgan fingerprint density at radius 3 is 2.40 bits per heavy atom. The van der Waals surface area contributed by atoms with E-state index in [1.807, 2.05) is 13.8 Å². The molecular formula is C14H26N2O4. The first kappa shape index (κ1) is 16.8. The summed E-state index contributed by atoms with van der Waals surface area (Å²) in [7, 11) is 0. The molecule has 0 radical (unpaired) electrons. The second-order valence-electron chi connectivity index (χ2n) is 5.50. The smallest absolute Gasteiger partial charge is 0.329 e. The molecule has 1 aliphatic heterocycles. The van der Waals surface area contributed by atoms with Gasteiger partial charge in [-0.05, 0) is 32.6 Å². The molecular weight excluding hydrogens is 260 g/mol. The van der Waals surface area contributed by atoms with Gasteiger partial charge in [0.2, 0.25) is 0 Å². The van der Waals surface area contributed by atoms with Crippen molar-refractivity contribution in [2.45, 2.75) is 58.0 Å². The van der Waals surface area contributed by atoms with E-state index in [-0.39, 0.29) is 25.2 Å². The highest BCUT2D eigenvalue weighted by molar-refractivity contribution is 5.86. The van der Waals surface area contributed by atoms with Crippen molar-refractivity contribution in [2.24, 2.45) is 0 Å². The average Bonchev–Trinajstić information content (AvgIpc) is 2.82. The second kappa shape index (κ2) is 6.92. The Morgan fingerprint density at radius 1 is 1.35 bits per heavy atom. The molecule has 2 amide bonds. The van der Waals surface area contributed by atoms with E-state index in [0.717, 1.165) is 12.8 Å². The van der Waals surface area contributed by atoms with Crippen LogP contribution in [0.25, 0.3) is 0 Å². The third-order valence-corrected chi connectivity index (χ3v) is 4.30. The van der Waals surface area contributed by atoms with Gasteiger partial charge in [0, 0.05) is 19.1 Å². The van der Waals surface area contributed by atoms with Crippen LogP contribution in [0.1, 0.15) is 46.5 Å². The number of carbonyl (C=O) groups is 2. The molecule has 1 aliphatic rings. The first-order valence-electron chi connectivity index (χ1n) is 7.34. The molecule has 0 aromatic heterocycles. The molecule has 0 aliphatic carbocycles. The normalized spacial score (nSPS) is 22.4. The van der Waals surface area contributed by atoms with Crippen molar-refractivity contribution in [3.05, 3.63) is 0 Å². The molecule has 6 nitrogen and oxygen atoms in total. The van der Waals surface area contributed by atoms with Gasteiger partial charge >= 0.3 is 12.0 Å². The van der Waals surface area contributed by atoms with Crippen LogP contribution in [-0.4, -0.2) is 63.3 Å². The number of rotatable bonds is 6. The van der Waals surface area contributed by atoms with Crippen LogP contribution in [0.2, 0.25) is 0 Å². The molecule has 1 rings (SSSR count). The fraction of sp³-hybridized carbons (Fsp3) is 0.857. The quantitative estimate of drug-likeness (QED) is 0.776. The van der Waals surface area contributed by atoms with Gasteiger partial charge in [-0.25, -0.2) is 9.59 Å². The summed E-state index contributed by atoms with van der Waals surface area (Å²) >= 11 is 0. The zero-order chi connectivity index (χ0) is 15.3. The Kier molecular flexibility index (Phi) is 5.80. The van der Waals surface area contributed by atoms with Crippen LogP contribution >= 0.6 is 0 Å². The first-order valence-corrected chi connectivity index (χ1v) is 7.34. The highest BCUT2D eigenvalue weighted by atomic mass is 16.4. The average molecular weight is 286 g/mol. The Hall–Kier alpha value is -1.30. The van der Waals surface area contributed by atoms with Crippen LogP contribution < -0.4 is 0 Å². The summed E-state index contributed by atoms with van der Waals surface area (Å²) in [6.07, 6.45) is 2.76. The lowest BCUT2D eigenvalue weighted by Gasteiger charge is -2.38. The van der Waals surface area contributed by atoms with Gasteiger partial charge in [-0.1, -0.05) is 13.8 Å². The maximum atomic E-state index is 12.7. The van der Waals surface area contributed by atoms with Gasteiger partial charge in [-0.15, -0.1) is 0 Å². The van der Waals surface area contributed by atoms with Crippen molar-refractivity contribution in [1.29, 1.82) is 0 Å². The van der Waals surface area contributed by atoms with E-state index in [1.165, 1.54) is 4.90 Å². The number of aliphatic hydroxyl groups is 1. The Balaban J connectivity index is 2.97. The van der Waals surface area contributed by atoms with Gasteiger partial charge in [0.1, 0.15) is 5.54 Å². The van der Waals surface area contributed by atoms with E-state index in [9.17, 15) is 19.8 Å². The minimum Gasteiger partial charge on any atom is -0.480 e. The van der Waals surface area contributed by atoms with Crippen LogP contribution in [0, 0.1) is 0 Å². The van der Waals surface area contributed by atoms with E-state index in [2.05, 4.69) is 0 Å². The summed E-state index contributed by atoms with van der Waals surface area (Å²) in [5, 5.41) is 18.6. The number of urea groups is 1. The number of aliphatic hydroxyl groups excluding tert-OH is 1. The maximum Gasteiger partial charge on any atom is 0.329 e. The van der Waals surface area contributed by atoms with Crippen molar-refractivity contribution >= 4 is 12.0 Å². The van der Waals surface area contributed by atoms with Crippen LogP contribution in [0.15, 0.2) is 0 Å². The fourth-order valence-electron chi connectivity index (χ4n) is 2.92. The lowest BCUT2D eigenvalue weighted by molar-refractivity contribution is -0.147. The minimum absolute atomic E-state index is 0.0355. The molecule has 0 spiro atoms. The molecule has 0 saturated carbocycles. The van der Waals surface area contributed by atoms with Gasteiger partial charge < -0.3 is 20.0 Å². The molecule has 1 fully saturated rings. The third kappa shape index (κ3) is 3.06. The number of carbonyl (C=O) groups excluding carboxylic acids is 1. The molecule has 1 unspecified atom stereocenters. The highest BCUT2D eigenvalue weighted by Crippen LogP contribution is 2.31. The van der Waals surface area contributed by atoms with E-state index in [1.54, 1.807) is 11.8 Å². The Labute approximate surface area is 120 Å². The molecule has 1 atom stereocenters. The van der Waals surface area contributed by atoms with Crippen LogP contribution in [0.3, 0.4) is 0 Å². The van der Waals surface area contributed by atoms with Crippen LogP contribution in [0.5, 0.6) is 0 Å². The fourth-order valence-corrected chi connectivity index (χ4v) is 2.92. The number of likely N-dealkylation sites (tertiary alicyclic amines) is 1. The molecule has 0 aromatic carbocycles. The second-order valence-corrected chi connectivity index (χ2v) is 5.50. The molecule has 20 heavy (non-hydrogen) atoms. The summed E-state index contributed by atoms with van der Waals surface area (Å²) in [6, 6.07) is -0.233. The Bertz CT molecular complexity index is 357. The van der Waals surface area contributed by atoms with Gasteiger partial charge in [-0.3, -0.25) is 0 Å². The number of hydrogen-bond donors (Lipinski definition) is 2. The van der Waals surface area contributed by atoms with E-state index < -0.39 is 11.5 Å². The summed E-state index contributed by atoms with van der Waals surface area (Å²) in [6.45, 7) is 6.18. The minimum atomic E-state index is -1.13. The molecule has 1 saturated heterocycles. The van der Waals surface area contributed by atoms with Crippen molar-refractivity contribution in [3.63, 3.8) is 0 Å². The number of aliphatic carboxylic acids is 1. The molecule has 1 heterocycles. The number of nitrogens with zero attached hydrogens (tertiary/aromatic N) is 2. The topological polar surface area (TPSA) is 81.1 Å². The molecule has 6 heteroatoms. The largest absolute Gasteiger partial charge is 0.480 e. The number of carboxylic acids is 1. The monoisotopic (exact) mass is 286 g/mol. The first-order chi connectivity index (χ1) is 9.42. The zero-order valence-corrected chi connectivity index (χ0v) is 12.6. The van der Waals surface area contributed by atoms with Crippen LogP contribution in [-0.2, 0) is 4.79 Å². The van der Waals surface area contributed by atoms with E-state index >= 15 is 0 Å². The lowest BCUT2D eigenvalue weighted by atomic mass is 9.99. The highest BCUT2D eigenvalue weighted by Gasteiger charge is 2.47. The SMILES string of the molecule is CCC(CC)N(CCO)C(=O)N1CCCC1(C)C(=O)O. The number of hydrogen-bond acceptors (Lipinski definition) is 3. The Morgan fingerprint density at radius 2 is 1.95 bits per heavy atom. The predicted molar refractivity (Wildman–Crippen MR) is 75.5 cm³/mol. The molecule has 116 valence electrons. The lowest BCUT2D eigenvalue weighted by Crippen LogP contribution is -2.57. The summed E-state index contributed by atoms with van der Waals surface area (Å²) < 4.78 is 0. The van der Waals surface area contributed by atoms with E-state index in [0.29, 0.717) is 19.4 Å². The molecule has 0 bridgehead atoms. The molecule has 0 aromatic rings.